The number of aromatic nitrogens is 2. The second-order valence-corrected chi connectivity index (χ2v) is 11.7. The second kappa shape index (κ2) is 12.8. The number of anilines is 1. The Morgan fingerprint density at radius 1 is 1.19 bits per heavy atom. The van der Waals surface area contributed by atoms with Crippen molar-refractivity contribution >= 4 is 62.6 Å². The Kier molecular flexibility index (Phi) is 8.94. The van der Waals surface area contributed by atoms with Crippen LogP contribution >= 0.6 is 23.1 Å². The van der Waals surface area contributed by atoms with Crippen LogP contribution in [0.25, 0.3) is 0 Å². The van der Waals surface area contributed by atoms with E-state index in [1.807, 2.05) is 60.7 Å². The third-order valence-corrected chi connectivity index (χ3v) is 8.95. The van der Waals surface area contributed by atoms with E-state index < -0.39 is 46.1 Å². The van der Waals surface area contributed by atoms with Crippen LogP contribution in [0.5, 0.6) is 0 Å². The smallest absolute Gasteiger partial charge is 0.356 e. The highest BCUT2D eigenvalue weighted by Crippen LogP contribution is 2.37. The van der Waals surface area contributed by atoms with Crippen LogP contribution in [0.1, 0.15) is 30.0 Å². The van der Waals surface area contributed by atoms with Gasteiger partial charge in [0.25, 0.3) is 11.8 Å². The number of carbonyl (C=O) groups excluding carboxylic acids is 3. The predicted molar refractivity (Wildman–Crippen MR) is 157 cm³/mol. The minimum Gasteiger partial charge on any atom is -0.448 e. The average molecular weight is 629 g/mol. The molecule has 42 heavy (non-hydrogen) atoms. The van der Waals surface area contributed by atoms with E-state index in [2.05, 4.69) is 19.8 Å². The molecular weight excluding hydrogens is 604 g/mol. The number of halogens is 1. The molecule has 3 heterocycles. The van der Waals surface area contributed by atoms with Gasteiger partial charge in [-0.15, -0.1) is 11.6 Å². The SMILES string of the molecule is CCON=C(C(=O)NC1C(=O)N2C(C(=O)OC(c3ccccc3)c3ccccc3)=C(CCl)CS(=O)[C@@H]12)c1nsc(N)n1. The Bertz CT molecular complexity index is 1540. The Morgan fingerprint density at radius 2 is 1.83 bits per heavy atom. The van der Waals surface area contributed by atoms with Crippen LogP contribution in [-0.4, -0.2) is 71.6 Å². The van der Waals surface area contributed by atoms with Crippen molar-refractivity contribution in [1.29, 1.82) is 0 Å². The molecule has 3 aromatic rings. The van der Waals surface area contributed by atoms with Gasteiger partial charge in [0.15, 0.2) is 11.2 Å². The molecule has 2 aromatic carbocycles. The number of carbonyl (C=O) groups is 3. The van der Waals surface area contributed by atoms with Gasteiger partial charge in [-0.1, -0.05) is 65.8 Å². The summed E-state index contributed by atoms with van der Waals surface area (Å²) in [6.07, 6.45) is -0.780. The number of benzene rings is 2. The van der Waals surface area contributed by atoms with Crippen molar-refractivity contribution in [2.45, 2.75) is 24.4 Å². The summed E-state index contributed by atoms with van der Waals surface area (Å²) in [5.41, 5.74) is 7.00. The number of nitrogen functional groups attached to an aromatic ring is 1. The Labute approximate surface area is 252 Å². The van der Waals surface area contributed by atoms with Crippen molar-refractivity contribution in [3.63, 3.8) is 0 Å². The highest BCUT2D eigenvalue weighted by molar-refractivity contribution is 7.86. The van der Waals surface area contributed by atoms with E-state index in [0.29, 0.717) is 5.57 Å². The van der Waals surface area contributed by atoms with E-state index in [9.17, 15) is 18.6 Å². The van der Waals surface area contributed by atoms with E-state index in [1.165, 1.54) is 0 Å². The van der Waals surface area contributed by atoms with Crippen molar-refractivity contribution in [2.24, 2.45) is 5.16 Å². The Hall–Kier alpha value is -4.14. The quantitative estimate of drug-likeness (QED) is 0.112. The number of esters is 1. The summed E-state index contributed by atoms with van der Waals surface area (Å²) in [6, 6.07) is 17.1. The van der Waals surface area contributed by atoms with Gasteiger partial charge in [-0.25, -0.2) is 4.79 Å². The van der Waals surface area contributed by atoms with Gasteiger partial charge in [0.1, 0.15) is 23.7 Å². The van der Waals surface area contributed by atoms with Crippen LogP contribution in [0.3, 0.4) is 0 Å². The molecular formula is C27H25ClN6O6S2. The van der Waals surface area contributed by atoms with Crippen LogP contribution in [0, 0.1) is 0 Å². The van der Waals surface area contributed by atoms with Crippen molar-refractivity contribution in [3.8, 4) is 0 Å². The third kappa shape index (κ3) is 5.78. The van der Waals surface area contributed by atoms with Gasteiger partial charge in [-0.2, -0.15) is 9.36 Å². The molecule has 0 aliphatic carbocycles. The summed E-state index contributed by atoms with van der Waals surface area (Å²) in [5, 5.41) is 5.38. The Balaban J connectivity index is 1.41. The monoisotopic (exact) mass is 628 g/mol. The number of nitrogens with two attached hydrogens (primary N) is 1. The Morgan fingerprint density at radius 3 is 2.38 bits per heavy atom. The van der Waals surface area contributed by atoms with Crippen LogP contribution in [-0.2, 0) is 34.8 Å². The van der Waals surface area contributed by atoms with Gasteiger partial charge in [-0.05, 0) is 23.6 Å². The summed E-state index contributed by atoms with van der Waals surface area (Å²) in [7, 11) is -1.69. The maximum Gasteiger partial charge on any atom is 0.356 e. The molecule has 0 bridgehead atoms. The minimum atomic E-state index is -1.69. The number of rotatable bonds is 10. The summed E-state index contributed by atoms with van der Waals surface area (Å²) in [6.45, 7) is 1.82. The first-order valence-corrected chi connectivity index (χ1v) is 15.4. The number of nitrogens with one attached hydrogen (secondary N) is 1. The lowest BCUT2D eigenvalue weighted by atomic mass is 10.0. The van der Waals surface area contributed by atoms with Crippen LogP contribution in [0.15, 0.2) is 77.1 Å². The molecule has 1 saturated heterocycles. The van der Waals surface area contributed by atoms with E-state index in [4.69, 9.17) is 26.9 Å². The maximum atomic E-state index is 13.7. The third-order valence-electron chi connectivity index (χ3n) is 6.43. The average Bonchev–Trinajstić information content (AvgIpc) is 3.44. The summed E-state index contributed by atoms with van der Waals surface area (Å²) < 4.78 is 23.2. The summed E-state index contributed by atoms with van der Waals surface area (Å²) in [5.74, 6) is -2.61. The lowest BCUT2D eigenvalue weighted by molar-refractivity contribution is -0.154. The van der Waals surface area contributed by atoms with Crippen molar-refractivity contribution in [2.75, 3.05) is 24.0 Å². The maximum absolute atomic E-state index is 13.7. The molecule has 1 aromatic heterocycles. The molecule has 1 fully saturated rings. The predicted octanol–water partition coefficient (Wildman–Crippen LogP) is 2.10. The second-order valence-electron chi connectivity index (χ2n) is 9.08. The molecule has 2 amide bonds. The lowest BCUT2D eigenvalue weighted by Gasteiger charge is -2.49. The zero-order valence-electron chi connectivity index (χ0n) is 22.1. The first kappa shape index (κ1) is 29.4. The van der Waals surface area contributed by atoms with E-state index in [-0.39, 0.29) is 40.6 Å². The highest BCUT2D eigenvalue weighted by atomic mass is 35.5. The normalized spacial score (nSPS) is 20.2. The van der Waals surface area contributed by atoms with Crippen LogP contribution in [0.2, 0.25) is 0 Å². The molecule has 3 N–H and O–H groups in total. The van der Waals surface area contributed by atoms with Crippen molar-refractivity contribution in [3.05, 3.63) is 88.9 Å². The zero-order valence-corrected chi connectivity index (χ0v) is 24.5. The fraction of sp³-hybridized carbons (Fsp3) is 0.259. The van der Waals surface area contributed by atoms with Gasteiger partial charge in [0.2, 0.25) is 11.5 Å². The van der Waals surface area contributed by atoms with E-state index >= 15 is 0 Å². The molecule has 2 aliphatic heterocycles. The number of nitrogens with zero attached hydrogens (tertiary/aromatic N) is 4. The topological polar surface area (TPSA) is 166 Å². The number of amides is 2. The molecule has 5 rings (SSSR count). The van der Waals surface area contributed by atoms with E-state index in [1.54, 1.807) is 6.92 Å². The number of ether oxygens (including phenoxy) is 1. The largest absolute Gasteiger partial charge is 0.448 e. The molecule has 15 heteroatoms. The van der Waals surface area contributed by atoms with Crippen molar-refractivity contribution < 1.29 is 28.2 Å². The number of fused-ring (bicyclic) bond motifs is 1. The number of alkyl halides is 1. The molecule has 12 nitrogen and oxygen atoms in total. The van der Waals surface area contributed by atoms with Crippen LogP contribution < -0.4 is 11.1 Å². The van der Waals surface area contributed by atoms with Gasteiger partial charge >= 0.3 is 5.97 Å². The number of oxime groups is 1. The van der Waals surface area contributed by atoms with Gasteiger partial charge in [0.05, 0.1) is 16.6 Å². The molecule has 3 atom stereocenters. The molecule has 0 radical (unpaired) electrons. The fourth-order valence-electron chi connectivity index (χ4n) is 4.55. The van der Waals surface area contributed by atoms with Gasteiger partial charge < -0.3 is 20.6 Å². The number of β-lactam (4-membered cyclic amide) rings is 1. The summed E-state index contributed by atoms with van der Waals surface area (Å²) in [4.78, 5) is 50.4. The highest BCUT2D eigenvalue weighted by Gasteiger charge is 2.57. The molecule has 0 spiro atoms. The fourth-order valence-corrected chi connectivity index (χ4v) is 7.00. The molecule has 0 saturated carbocycles. The van der Waals surface area contributed by atoms with Crippen LogP contribution in [0.4, 0.5) is 5.13 Å². The minimum absolute atomic E-state index is 0.0832. The lowest BCUT2D eigenvalue weighted by Crippen LogP contribution is -2.74. The van der Waals surface area contributed by atoms with Crippen molar-refractivity contribution in [1.82, 2.24) is 19.6 Å². The first-order chi connectivity index (χ1) is 20.3. The van der Waals surface area contributed by atoms with Gasteiger partial charge in [0, 0.05) is 17.4 Å². The molecule has 2 aliphatic rings. The number of hydrogen-bond donors (Lipinski definition) is 2. The number of hydrogen-bond acceptors (Lipinski definition) is 11. The molecule has 2 unspecified atom stereocenters. The standard InChI is InChI=1S/C27H25ClN6O6S2/c1-2-39-32-18(22-31-27(29)41-33-22)23(35)30-19-24(36)34-20(17(13-28)14-42(38)25(19)34)26(37)40-21(15-9-5-3-6-10-15)16-11-7-4-8-12-16/h3-12,19,21,25H,2,13-14H2,1H3,(H,30,35)(H2,29,31,33)/t19?,25-,42?/m0/s1. The van der Waals surface area contributed by atoms with E-state index in [0.717, 1.165) is 27.6 Å². The van der Waals surface area contributed by atoms with Gasteiger partial charge in [-0.3, -0.25) is 18.7 Å². The summed E-state index contributed by atoms with van der Waals surface area (Å²) >= 11 is 7.02. The zero-order chi connectivity index (χ0) is 29.8. The first-order valence-electron chi connectivity index (χ1n) is 12.7. The molecule has 218 valence electrons.